The van der Waals surface area contributed by atoms with Crippen LogP contribution in [-0.4, -0.2) is 12.6 Å². The van der Waals surface area contributed by atoms with Crippen molar-refractivity contribution in [1.29, 1.82) is 0 Å². The predicted octanol–water partition coefficient (Wildman–Crippen LogP) is 5.57. The fourth-order valence-electron chi connectivity index (χ4n) is 2.27. The van der Waals surface area contributed by atoms with Crippen LogP contribution < -0.4 is 0 Å². The molecule has 2 rings (SSSR count). The summed E-state index contributed by atoms with van der Waals surface area (Å²) in [5.41, 5.74) is 2.93. The van der Waals surface area contributed by atoms with Crippen molar-refractivity contribution >= 4 is 34.7 Å². The van der Waals surface area contributed by atoms with Gasteiger partial charge in [0.25, 0.3) is 0 Å². The highest BCUT2D eigenvalue weighted by Crippen LogP contribution is 2.26. The highest BCUT2D eigenvalue weighted by atomic mass is 35.5. The number of carbonyl (C=O) groups excluding carboxylic acids is 1. The lowest BCUT2D eigenvalue weighted by atomic mass is 9.98. The third-order valence-electron chi connectivity index (χ3n) is 3.40. The van der Waals surface area contributed by atoms with Gasteiger partial charge in [-0.2, -0.15) is 0 Å². The Morgan fingerprint density at radius 2 is 1.87 bits per heavy atom. The van der Waals surface area contributed by atoms with Gasteiger partial charge in [-0.1, -0.05) is 59.6 Å². The number of rotatable bonds is 6. The maximum absolute atomic E-state index is 11.8. The molecule has 0 heterocycles. The number of aryl methyl sites for hydroxylation is 1. The van der Waals surface area contributed by atoms with Crippen LogP contribution in [0.4, 0.5) is 0 Å². The number of allylic oxidation sites excluding steroid dienone is 1. The Kier molecular flexibility index (Phi) is 6.69. The topological polar surface area (TPSA) is 26.3 Å². The van der Waals surface area contributed by atoms with Gasteiger partial charge < -0.3 is 4.74 Å². The first-order chi connectivity index (χ1) is 11.1. The highest BCUT2D eigenvalue weighted by molar-refractivity contribution is 6.35. The van der Waals surface area contributed by atoms with E-state index in [1.807, 2.05) is 42.5 Å². The lowest BCUT2D eigenvalue weighted by molar-refractivity contribution is -0.137. The Morgan fingerprint density at radius 3 is 2.52 bits per heavy atom. The van der Waals surface area contributed by atoms with E-state index in [1.54, 1.807) is 19.1 Å². The molecule has 0 bridgehead atoms. The van der Waals surface area contributed by atoms with Gasteiger partial charge in [0, 0.05) is 16.1 Å². The first kappa shape index (κ1) is 17.6. The van der Waals surface area contributed by atoms with E-state index in [4.69, 9.17) is 27.9 Å². The predicted molar refractivity (Wildman–Crippen MR) is 95.8 cm³/mol. The van der Waals surface area contributed by atoms with Crippen LogP contribution >= 0.6 is 23.2 Å². The van der Waals surface area contributed by atoms with Gasteiger partial charge in [-0.25, -0.2) is 4.79 Å². The van der Waals surface area contributed by atoms with Gasteiger partial charge in [0.05, 0.1) is 6.61 Å². The summed E-state index contributed by atoms with van der Waals surface area (Å²) in [6.07, 6.45) is 2.96. The Labute approximate surface area is 146 Å². The summed E-state index contributed by atoms with van der Waals surface area (Å²) in [5.74, 6) is -0.325. The molecule has 2 nitrogen and oxygen atoms in total. The Balaban J connectivity index is 2.19. The second kappa shape index (κ2) is 8.76. The monoisotopic (exact) mass is 348 g/mol. The van der Waals surface area contributed by atoms with Crippen LogP contribution in [0.15, 0.2) is 54.6 Å². The third kappa shape index (κ3) is 5.42. The first-order valence-electron chi connectivity index (χ1n) is 7.47. The van der Waals surface area contributed by atoms with E-state index in [-0.39, 0.29) is 5.97 Å². The van der Waals surface area contributed by atoms with E-state index in [9.17, 15) is 4.79 Å². The molecule has 0 radical (unpaired) electrons. The molecule has 0 aromatic heterocycles. The second-order valence-electron chi connectivity index (χ2n) is 5.02. The van der Waals surface area contributed by atoms with Gasteiger partial charge in [0.1, 0.15) is 0 Å². The van der Waals surface area contributed by atoms with E-state index in [0.29, 0.717) is 23.1 Å². The normalized spacial score (nSPS) is 11.3. The zero-order valence-electron chi connectivity index (χ0n) is 12.9. The van der Waals surface area contributed by atoms with Crippen LogP contribution in [0, 0.1) is 0 Å². The fourth-order valence-corrected chi connectivity index (χ4v) is 2.78. The van der Waals surface area contributed by atoms with Crippen LogP contribution in [0.1, 0.15) is 24.5 Å². The molecule has 120 valence electrons. The van der Waals surface area contributed by atoms with Crippen LogP contribution in [0.2, 0.25) is 10.0 Å². The van der Waals surface area contributed by atoms with Crippen molar-refractivity contribution in [1.82, 2.24) is 0 Å². The molecule has 0 saturated carbocycles. The summed E-state index contributed by atoms with van der Waals surface area (Å²) in [5, 5.41) is 1.25. The van der Waals surface area contributed by atoms with Crippen molar-refractivity contribution in [3.8, 4) is 0 Å². The van der Waals surface area contributed by atoms with Gasteiger partial charge in [-0.3, -0.25) is 0 Å². The summed E-state index contributed by atoms with van der Waals surface area (Å²) in [6, 6.07) is 15.3. The number of ether oxygens (including phenoxy) is 1. The lowest BCUT2D eigenvalue weighted by Crippen LogP contribution is -2.02. The SMILES string of the molecule is CCOC(=O)C=C(CCc1ccc(Cl)cc1Cl)c1ccccc1. The molecule has 0 N–H and O–H groups in total. The minimum absolute atomic E-state index is 0.325. The molecule has 0 unspecified atom stereocenters. The summed E-state index contributed by atoms with van der Waals surface area (Å²) in [4.78, 5) is 11.8. The molecule has 2 aromatic rings. The summed E-state index contributed by atoms with van der Waals surface area (Å²) in [6.45, 7) is 2.15. The van der Waals surface area contributed by atoms with Crippen molar-refractivity contribution in [2.75, 3.05) is 6.61 Å². The maximum Gasteiger partial charge on any atom is 0.331 e. The number of carbonyl (C=O) groups is 1. The van der Waals surface area contributed by atoms with Crippen LogP contribution in [0.25, 0.3) is 5.57 Å². The number of halogens is 2. The molecule has 23 heavy (non-hydrogen) atoms. The molecular formula is C19H18Cl2O2. The van der Waals surface area contributed by atoms with E-state index >= 15 is 0 Å². The number of hydrogen-bond donors (Lipinski definition) is 0. The van der Waals surface area contributed by atoms with Gasteiger partial charge >= 0.3 is 5.97 Å². The lowest BCUT2D eigenvalue weighted by Gasteiger charge is -2.10. The van der Waals surface area contributed by atoms with Crippen LogP contribution in [0.3, 0.4) is 0 Å². The second-order valence-corrected chi connectivity index (χ2v) is 5.87. The van der Waals surface area contributed by atoms with E-state index in [2.05, 4.69) is 0 Å². The molecule has 0 atom stereocenters. The van der Waals surface area contributed by atoms with Crippen molar-refractivity contribution in [2.45, 2.75) is 19.8 Å². The number of esters is 1. The zero-order chi connectivity index (χ0) is 16.7. The fraction of sp³-hybridized carbons (Fsp3) is 0.211. The Bertz CT molecular complexity index is 694. The molecular weight excluding hydrogens is 331 g/mol. The Morgan fingerprint density at radius 1 is 1.13 bits per heavy atom. The van der Waals surface area contributed by atoms with Crippen molar-refractivity contribution in [2.24, 2.45) is 0 Å². The summed E-state index contributed by atoms with van der Waals surface area (Å²) in [7, 11) is 0. The van der Waals surface area contributed by atoms with Gasteiger partial charge in [0.15, 0.2) is 0 Å². The molecule has 0 spiro atoms. The van der Waals surface area contributed by atoms with Gasteiger partial charge in [-0.05, 0) is 48.6 Å². The largest absolute Gasteiger partial charge is 0.463 e. The van der Waals surface area contributed by atoms with E-state index < -0.39 is 0 Å². The Hall–Kier alpha value is -1.77. The summed E-state index contributed by atoms with van der Waals surface area (Å²) < 4.78 is 5.03. The average Bonchev–Trinajstić information content (AvgIpc) is 2.54. The van der Waals surface area contributed by atoms with Crippen molar-refractivity contribution < 1.29 is 9.53 Å². The average molecular weight is 349 g/mol. The minimum atomic E-state index is -0.325. The maximum atomic E-state index is 11.8. The molecule has 0 aliphatic carbocycles. The van der Waals surface area contributed by atoms with Crippen LogP contribution in [-0.2, 0) is 16.0 Å². The minimum Gasteiger partial charge on any atom is -0.463 e. The van der Waals surface area contributed by atoms with E-state index in [0.717, 1.165) is 23.1 Å². The van der Waals surface area contributed by atoms with Crippen molar-refractivity contribution in [3.05, 3.63) is 75.8 Å². The van der Waals surface area contributed by atoms with Gasteiger partial charge in [0.2, 0.25) is 0 Å². The molecule has 4 heteroatoms. The smallest absolute Gasteiger partial charge is 0.331 e. The third-order valence-corrected chi connectivity index (χ3v) is 3.99. The number of benzene rings is 2. The van der Waals surface area contributed by atoms with Crippen molar-refractivity contribution in [3.63, 3.8) is 0 Å². The molecule has 0 fully saturated rings. The highest BCUT2D eigenvalue weighted by Gasteiger charge is 2.08. The molecule has 2 aromatic carbocycles. The quantitative estimate of drug-likeness (QED) is 0.503. The van der Waals surface area contributed by atoms with Crippen LogP contribution in [0.5, 0.6) is 0 Å². The molecule has 0 amide bonds. The zero-order valence-corrected chi connectivity index (χ0v) is 14.4. The van der Waals surface area contributed by atoms with Gasteiger partial charge in [-0.15, -0.1) is 0 Å². The van der Waals surface area contributed by atoms with E-state index in [1.165, 1.54) is 0 Å². The number of hydrogen-bond acceptors (Lipinski definition) is 2. The standard InChI is InChI=1S/C19H18Cl2O2/c1-2-23-19(22)12-16(14-6-4-3-5-7-14)9-8-15-10-11-17(20)13-18(15)21/h3-7,10-13H,2,8-9H2,1H3. The first-order valence-corrected chi connectivity index (χ1v) is 8.22. The molecule has 0 aliphatic rings. The molecule has 0 saturated heterocycles. The summed E-state index contributed by atoms with van der Waals surface area (Å²) >= 11 is 12.1. The molecule has 0 aliphatic heterocycles.